The SMILES string of the molecule is CC(=O)CC(=O)OCC1=C(C(=O)O)N2C(=O)C[C@H]2SC1. The molecule has 2 rings (SSSR count). The number of fused-ring (bicyclic) bond motifs is 1. The topological polar surface area (TPSA) is 101 Å². The van der Waals surface area contributed by atoms with E-state index in [0.717, 1.165) is 0 Å². The molecule has 0 aromatic carbocycles. The van der Waals surface area contributed by atoms with E-state index in [1.165, 1.54) is 23.6 Å². The number of β-lactam (4-membered cyclic amide) rings is 1. The quantitative estimate of drug-likeness (QED) is 0.438. The summed E-state index contributed by atoms with van der Waals surface area (Å²) in [5.41, 5.74) is 0.282. The third-order valence-electron chi connectivity index (χ3n) is 2.93. The van der Waals surface area contributed by atoms with E-state index >= 15 is 0 Å². The van der Waals surface area contributed by atoms with Crippen LogP contribution in [0.25, 0.3) is 0 Å². The highest BCUT2D eigenvalue weighted by molar-refractivity contribution is 8.00. The van der Waals surface area contributed by atoms with Crippen molar-refractivity contribution < 1.29 is 29.0 Å². The molecule has 1 amide bonds. The highest BCUT2D eigenvalue weighted by Crippen LogP contribution is 2.39. The maximum absolute atomic E-state index is 11.5. The van der Waals surface area contributed by atoms with Gasteiger partial charge in [-0.1, -0.05) is 0 Å². The predicted octanol–water partition coefficient (Wildman–Crippen LogP) is 0.153. The van der Waals surface area contributed by atoms with Crippen molar-refractivity contribution in [2.45, 2.75) is 25.1 Å². The molecule has 0 radical (unpaired) electrons. The number of aliphatic carboxylic acids is 1. The normalized spacial score (nSPS) is 21.1. The molecule has 2 heterocycles. The minimum atomic E-state index is -1.21. The number of hydrogen-bond acceptors (Lipinski definition) is 6. The van der Waals surface area contributed by atoms with Crippen LogP contribution in [-0.4, -0.2) is 51.4 Å². The van der Waals surface area contributed by atoms with Crippen LogP contribution < -0.4 is 0 Å². The van der Waals surface area contributed by atoms with Crippen LogP contribution in [0.2, 0.25) is 0 Å². The number of carbonyl (C=O) groups excluding carboxylic acids is 3. The molecule has 108 valence electrons. The average molecular weight is 299 g/mol. The minimum absolute atomic E-state index is 0.0966. The molecule has 1 atom stereocenters. The fourth-order valence-corrected chi connectivity index (χ4v) is 3.26. The molecule has 0 spiro atoms. The molecule has 1 saturated heterocycles. The summed E-state index contributed by atoms with van der Waals surface area (Å²) in [7, 11) is 0. The molecular weight excluding hydrogens is 286 g/mol. The van der Waals surface area contributed by atoms with Crippen LogP contribution in [0.3, 0.4) is 0 Å². The average Bonchev–Trinajstić information content (AvgIpc) is 2.34. The van der Waals surface area contributed by atoms with Crippen molar-refractivity contribution in [1.29, 1.82) is 0 Å². The van der Waals surface area contributed by atoms with Gasteiger partial charge in [0.1, 0.15) is 24.5 Å². The predicted molar refractivity (Wildman–Crippen MR) is 68.6 cm³/mol. The van der Waals surface area contributed by atoms with Crippen molar-refractivity contribution in [2.24, 2.45) is 0 Å². The van der Waals surface area contributed by atoms with Crippen molar-refractivity contribution in [3.8, 4) is 0 Å². The van der Waals surface area contributed by atoms with Crippen LogP contribution in [0.4, 0.5) is 0 Å². The van der Waals surface area contributed by atoms with Crippen molar-refractivity contribution in [3.05, 3.63) is 11.3 Å². The van der Waals surface area contributed by atoms with Gasteiger partial charge in [0.15, 0.2) is 0 Å². The number of carboxylic acid groups (broad SMARTS) is 1. The van der Waals surface area contributed by atoms with Crippen LogP contribution in [0.15, 0.2) is 11.3 Å². The fourth-order valence-electron chi connectivity index (χ4n) is 2.01. The Morgan fingerprint density at radius 1 is 1.45 bits per heavy atom. The van der Waals surface area contributed by atoms with Gasteiger partial charge in [0, 0.05) is 11.3 Å². The van der Waals surface area contributed by atoms with Gasteiger partial charge in [0.25, 0.3) is 0 Å². The standard InChI is InChI=1S/C12H13NO6S/c1-6(14)2-10(16)19-4-7-5-20-9-3-8(15)13(9)11(7)12(17)18/h9H,2-5H2,1H3,(H,17,18)/t9-/m1/s1. The number of nitrogens with zero attached hydrogens (tertiary/aromatic N) is 1. The highest BCUT2D eigenvalue weighted by Gasteiger charge is 2.45. The zero-order chi connectivity index (χ0) is 14.9. The molecule has 0 aromatic rings. The lowest BCUT2D eigenvalue weighted by atomic mass is 10.1. The first-order valence-corrected chi connectivity index (χ1v) is 6.99. The Kier molecular flexibility index (Phi) is 4.12. The summed E-state index contributed by atoms with van der Waals surface area (Å²) in [5.74, 6) is -2.08. The lowest BCUT2D eigenvalue weighted by Crippen LogP contribution is -2.54. The second-order valence-corrected chi connectivity index (χ2v) is 5.70. The van der Waals surface area contributed by atoms with Crippen molar-refractivity contribution in [1.82, 2.24) is 4.90 Å². The summed E-state index contributed by atoms with van der Waals surface area (Å²) >= 11 is 1.44. The molecular formula is C12H13NO6S. The van der Waals surface area contributed by atoms with Gasteiger partial charge in [-0.05, 0) is 6.92 Å². The molecule has 0 bridgehead atoms. The Morgan fingerprint density at radius 3 is 2.70 bits per heavy atom. The molecule has 1 fully saturated rings. The molecule has 20 heavy (non-hydrogen) atoms. The number of thioether (sulfide) groups is 1. The van der Waals surface area contributed by atoms with E-state index in [4.69, 9.17) is 4.74 Å². The van der Waals surface area contributed by atoms with Crippen LogP contribution >= 0.6 is 11.8 Å². The lowest BCUT2D eigenvalue weighted by Gasteiger charge is -2.43. The zero-order valence-corrected chi connectivity index (χ0v) is 11.6. The van der Waals surface area contributed by atoms with E-state index in [1.807, 2.05) is 0 Å². The zero-order valence-electron chi connectivity index (χ0n) is 10.7. The summed E-state index contributed by atoms with van der Waals surface area (Å²) in [6.45, 7) is 1.06. The highest BCUT2D eigenvalue weighted by atomic mass is 32.2. The summed E-state index contributed by atoms with van der Waals surface area (Å²) in [6.07, 6.45) is -0.00700. The first-order valence-electron chi connectivity index (χ1n) is 5.94. The largest absolute Gasteiger partial charge is 0.477 e. The Hall–Kier alpha value is -1.83. The van der Waals surface area contributed by atoms with Gasteiger partial charge in [-0.15, -0.1) is 11.8 Å². The van der Waals surface area contributed by atoms with E-state index in [0.29, 0.717) is 17.7 Å². The second-order valence-electron chi connectivity index (χ2n) is 4.53. The molecule has 1 N–H and O–H groups in total. The van der Waals surface area contributed by atoms with Gasteiger partial charge in [-0.3, -0.25) is 19.3 Å². The minimum Gasteiger partial charge on any atom is -0.477 e. The maximum atomic E-state index is 11.5. The van der Waals surface area contributed by atoms with Gasteiger partial charge in [0.05, 0.1) is 11.8 Å². The van der Waals surface area contributed by atoms with Crippen molar-refractivity contribution in [2.75, 3.05) is 12.4 Å². The van der Waals surface area contributed by atoms with E-state index in [1.54, 1.807) is 0 Å². The molecule has 0 unspecified atom stereocenters. The third kappa shape index (κ3) is 2.84. The van der Waals surface area contributed by atoms with E-state index in [2.05, 4.69) is 0 Å². The number of hydrogen-bond donors (Lipinski definition) is 1. The smallest absolute Gasteiger partial charge is 0.352 e. The number of carbonyl (C=O) groups is 4. The van der Waals surface area contributed by atoms with Gasteiger partial charge in [-0.25, -0.2) is 4.79 Å². The second kappa shape index (κ2) is 5.66. The molecule has 8 heteroatoms. The Balaban J connectivity index is 2.09. The maximum Gasteiger partial charge on any atom is 0.352 e. The third-order valence-corrected chi connectivity index (χ3v) is 4.21. The Labute approximate surface area is 118 Å². The molecule has 0 aliphatic carbocycles. The Morgan fingerprint density at radius 2 is 2.15 bits per heavy atom. The monoisotopic (exact) mass is 299 g/mol. The van der Waals surface area contributed by atoms with Gasteiger partial charge in [0.2, 0.25) is 5.91 Å². The molecule has 2 aliphatic heterocycles. The number of esters is 1. The van der Waals surface area contributed by atoms with E-state index in [9.17, 15) is 24.3 Å². The first-order chi connectivity index (χ1) is 9.40. The first kappa shape index (κ1) is 14.6. The van der Waals surface area contributed by atoms with Crippen LogP contribution in [0, 0.1) is 0 Å². The van der Waals surface area contributed by atoms with Crippen molar-refractivity contribution in [3.63, 3.8) is 0 Å². The van der Waals surface area contributed by atoms with E-state index < -0.39 is 11.9 Å². The van der Waals surface area contributed by atoms with Gasteiger partial charge < -0.3 is 9.84 Å². The van der Waals surface area contributed by atoms with Gasteiger partial charge in [-0.2, -0.15) is 0 Å². The Bertz CT molecular complexity index is 526. The number of ketones is 1. The number of carboxylic acids is 1. The summed E-state index contributed by atoms with van der Waals surface area (Å²) in [6, 6.07) is 0. The van der Waals surface area contributed by atoms with E-state index in [-0.39, 0.29) is 35.8 Å². The summed E-state index contributed by atoms with van der Waals surface area (Å²) in [4.78, 5) is 46.0. The number of ether oxygens (including phenoxy) is 1. The van der Waals surface area contributed by atoms with Crippen molar-refractivity contribution >= 4 is 35.4 Å². The van der Waals surface area contributed by atoms with Crippen LogP contribution in [-0.2, 0) is 23.9 Å². The number of rotatable bonds is 5. The van der Waals surface area contributed by atoms with Crippen LogP contribution in [0.5, 0.6) is 0 Å². The molecule has 0 aromatic heterocycles. The number of Topliss-reactive ketones (excluding diaryl/α,β-unsaturated/α-hetero) is 1. The molecule has 2 aliphatic rings. The fraction of sp³-hybridized carbons (Fsp3) is 0.500. The summed E-state index contributed by atoms with van der Waals surface area (Å²) < 4.78 is 4.88. The molecule has 7 nitrogen and oxygen atoms in total. The van der Waals surface area contributed by atoms with Crippen LogP contribution in [0.1, 0.15) is 19.8 Å². The lowest BCUT2D eigenvalue weighted by molar-refractivity contribution is -0.147. The molecule has 0 saturated carbocycles. The van der Waals surface area contributed by atoms with Gasteiger partial charge >= 0.3 is 11.9 Å². The summed E-state index contributed by atoms with van der Waals surface area (Å²) in [5, 5.41) is 9.07. The number of amides is 1.